The van der Waals surface area contributed by atoms with Crippen LogP contribution in [0.15, 0.2) is 70.5 Å². The topological polar surface area (TPSA) is 43.4 Å². The second-order valence-electron chi connectivity index (χ2n) is 10.3. The fraction of sp³-hybridized carbons (Fsp3) is 0.613. The van der Waals surface area contributed by atoms with E-state index in [1.54, 1.807) is 60.7 Å². The standard InChI is InChI=1S/C31H47F3O3S2/c1-2-3-4-5-6-7-8-9-10-11-12-13-14-15-16-23-28-38(29-24-19-17-20-25-29,30-26-21-18-22-27-30)37-39(35,36)31(32,33)34/h17-22,24-27H,2-16,23,28H2,1H3. The fourth-order valence-corrected chi connectivity index (χ4v) is 9.79. The zero-order chi connectivity index (χ0) is 28.5. The average molecular weight is 589 g/mol. The Labute approximate surface area is 236 Å². The zero-order valence-corrected chi connectivity index (χ0v) is 25.1. The lowest BCUT2D eigenvalue weighted by molar-refractivity contribution is -0.0496. The Morgan fingerprint density at radius 1 is 0.564 bits per heavy atom. The van der Waals surface area contributed by atoms with Crippen molar-refractivity contribution >= 4 is 20.4 Å². The molecule has 2 aromatic carbocycles. The summed E-state index contributed by atoms with van der Waals surface area (Å²) in [6.07, 6.45) is 19.2. The van der Waals surface area contributed by atoms with E-state index in [9.17, 15) is 21.6 Å². The lowest BCUT2D eigenvalue weighted by atomic mass is 10.0. The molecule has 2 aromatic rings. The van der Waals surface area contributed by atoms with E-state index in [2.05, 4.69) is 6.92 Å². The Bertz CT molecular complexity index is 957. The Balaban J connectivity index is 1.84. The molecule has 0 amide bonds. The molecule has 0 aliphatic heterocycles. The van der Waals surface area contributed by atoms with Gasteiger partial charge in [0.05, 0.1) is 0 Å². The number of alkyl halides is 3. The van der Waals surface area contributed by atoms with Crippen molar-refractivity contribution in [1.82, 2.24) is 0 Å². The molecule has 0 atom stereocenters. The van der Waals surface area contributed by atoms with Gasteiger partial charge >= 0.3 is 15.6 Å². The van der Waals surface area contributed by atoms with Crippen molar-refractivity contribution in [2.45, 2.75) is 125 Å². The van der Waals surface area contributed by atoms with E-state index >= 15 is 0 Å². The number of benzene rings is 2. The average Bonchev–Trinajstić information content (AvgIpc) is 2.92. The summed E-state index contributed by atoms with van der Waals surface area (Å²) < 4.78 is 70.0. The first-order valence-electron chi connectivity index (χ1n) is 14.7. The van der Waals surface area contributed by atoms with Crippen molar-refractivity contribution in [3.8, 4) is 0 Å². The van der Waals surface area contributed by atoms with Gasteiger partial charge < -0.3 is 0 Å². The highest BCUT2D eigenvalue weighted by atomic mass is 32.3. The molecule has 0 saturated carbocycles. The second-order valence-corrected chi connectivity index (χ2v) is 14.9. The number of hydrogen-bond donors (Lipinski definition) is 0. The van der Waals surface area contributed by atoms with E-state index in [1.807, 2.05) is 0 Å². The van der Waals surface area contributed by atoms with E-state index in [4.69, 9.17) is 3.63 Å². The van der Waals surface area contributed by atoms with Crippen molar-refractivity contribution in [2.24, 2.45) is 0 Å². The van der Waals surface area contributed by atoms with Crippen LogP contribution in [-0.4, -0.2) is 19.7 Å². The van der Waals surface area contributed by atoms with Gasteiger partial charge in [-0.3, -0.25) is 0 Å². The molecule has 0 spiro atoms. The summed E-state index contributed by atoms with van der Waals surface area (Å²) in [5, 5.41) is 0. The Hall–Kier alpha value is -1.51. The molecule has 0 N–H and O–H groups in total. The molecule has 2 rings (SSSR count). The first-order valence-corrected chi connectivity index (χ1v) is 17.8. The molecule has 39 heavy (non-hydrogen) atoms. The molecular formula is C31H47F3O3S2. The van der Waals surface area contributed by atoms with Crippen LogP contribution in [0.25, 0.3) is 0 Å². The van der Waals surface area contributed by atoms with E-state index in [1.165, 1.54) is 70.6 Å². The molecule has 0 bridgehead atoms. The quantitative estimate of drug-likeness (QED) is 0.108. The van der Waals surface area contributed by atoms with E-state index in [0.717, 1.165) is 25.7 Å². The largest absolute Gasteiger partial charge is 0.523 e. The highest BCUT2D eigenvalue weighted by Gasteiger charge is 2.51. The third-order valence-corrected chi connectivity index (χ3v) is 12.2. The maximum absolute atomic E-state index is 13.4. The van der Waals surface area contributed by atoms with Crippen molar-refractivity contribution < 1.29 is 25.2 Å². The number of rotatable bonds is 21. The van der Waals surface area contributed by atoms with Gasteiger partial charge in [-0.1, -0.05) is 150 Å². The zero-order valence-electron chi connectivity index (χ0n) is 23.5. The maximum Gasteiger partial charge on any atom is 0.523 e. The molecule has 0 aromatic heterocycles. The summed E-state index contributed by atoms with van der Waals surface area (Å²) in [6, 6.07) is 17.0. The van der Waals surface area contributed by atoms with E-state index < -0.39 is 25.9 Å². The van der Waals surface area contributed by atoms with Gasteiger partial charge in [-0.2, -0.15) is 21.6 Å². The predicted octanol–water partition coefficient (Wildman–Crippen LogP) is 11.0. The van der Waals surface area contributed by atoms with Gasteiger partial charge in [0.1, 0.15) is 0 Å². The van der Waals surface area contributed by atoms with Gasteiger partial charge in [0, 0.05) is 15.5 Å². The molecule has 222 valence electrons. The van der Waals surface area contributed by atoms with Crippen LogP contribution in [-0.2, 0) is 13.7 Å². The molecule has 0 heterocycles. The van der Waals surface area contributed by atoms with E-state index in [0.29, 0.717) is 16.2 Å². The minimum Gasteiger partial charge on any atom is -0.204 e. The Morgan fingerprint density at radius 2 is 0.897 bits per heavy atom. The molecule has 0 unspecified atom stereocenters. The smallest absolute Gasteiger partial charge is 0.204 e. The van der Waals surface area contributed by atoms with Crippen molar-refractivity contribution in [3.05, 3.63) is 60.7 Å². The minimum atomic E-state index is -5.79. The van der Waals surface area contributed by atoms with Gasteiger partial charge in [-0.25, -0.2) is 3.63 Å². The summed E-state index contributed by atoms with van der Waals surface area (Å²) in [4.78, 5) is 0.954. The van der Waals surface area contributed by atoms with E-state index in [-0.39, 0.29) is 5.75 Å². The Morgan fingerprint density at radius 3 is 1.23 bits per heavy atom. The number of halogens is 3. The number of unbranched alkanes of at least 4 members (excludes halogenated alkanes) is 15. The summed E-state index contributed by atoms with van der Waals surface area (Å²) >= 11 is 0. The first-order chi connectivity index (χ1) is 18.7. The third-order valence-electron chi connectivity index (χ3n) is 7.02. The van der Waals surface area contributed by atoms with Crippen LogP contribution >= 0.6 is 10.3 Å². The van der Waals surface area contributed by atoms with Crippen LogP contribution < -0.4 is 0 Å². The second kappa shape index (κ2) is 18.0. The van der Waals surface area contributed by atoms with Crippen LogP contribution in [0.4, 0.5) is 13.2 Å². The normalized spacial score (nSPS) is 13.0. The van der Waals surface area contributed by atoms with Crippen LogP contribution in [0, 0.1) is 0 Å². The predicted molar refractivity (Wildman–Crippen MR) is 157 cm³/mol. The van der Waals surface area contributed by atoms with Crippen LogP contribution in [0.5, 0.6) is 0 Å². The summed E-state index contributed by atoms with van der Waals surface area (Å²) in [6.45, 7) is 2.25. The molecule has 0 aliphatic carbocycles. The maximum atomic E-state index is 13.4. The molecule has 0 radical (unpaired) electrons. The van der Waals surface area contributed by atoms with Gasteiger partial charge in [-0.05, 0) is 30.7 Å². The van der Waals surface area contributed by atoms with Crippen molar-refractivity contribution in [2.75, 3.05) is 5.75 Å². The third kappa shape index (κ3) is 11.9. The fourth-order valence-electron chi connectivity index (χ4n) is 4.81. The minimum absolute atomic E-state index is 0.217. The van der Waals surface area contributed by atoms with Crippen molar-refractivity contribution in [3.63, 3.8) is 0 Å². The monoisotopic (exact) mass is 588 g/mol. The molecule has 0 fully saturated rings. The molecular weight excluding hydrogens is 541 g/mol. The summed E-state index contributed by atoms with van der Waals surface area (Å²) in [7, 11) is -8.71. The molecule has 8 heteroatoms. The van der Waals surface area contributed by atoms with Gasteiger partial charge in [0.25, 0.3) is 0 Å². The molecule has 0 aliphatic rings. The van der Waals surface area contributed by atoms with Crippen LogP contribution in [0.1, 0.15) is 110 Å². The summed E-state index contributed by atoms with van der Waals surface area (Å²) in [5.41, 5.74) is -5.48. The first kappa shape index (κ1) is 33.7. The Kier molecular flexibility index (Phi) is 15.6. The summed E-state index contributed by atoms with van der Waals surface area (Å²) in [5.74, 6) is 0.217. The van der Waals surface area contributed by atoms with Crippen LogP contribution in [0.2, 0.25) is 0 Å². The van der Waals surface area contributed by atoms with Gasteiger partial charge in [-0.15, -0.1) is 0 Å². The van der Waals surface area contributed by atoms with Gasteiger partial charge in [0.2, 0.25) is 0 Å². The lowest BCUT2D eigenvalue weighted by Crippen LogP contribution is -2.28. The van der Waals surface area contributed by atoms with Crippen LogP contribution in [0.3, 0.4) is 0 Å². The SMILES string of the molecule is CCCCCCCCCCCCCCCCCCS(OS(=O)(=O)C(F)(F)F)(c1ccccc1)c1ccccc1. The van der Waals surface area contributed by atoms with Gasteiger partial charge in [0.15, 0.2) is 0 Å². The highest BCUT2D eigenvalue weighted by molar-refractivity contribution is 8.33. The lowest BCUT2D eigenvalue weighted by Gasteiger charge is -2.39. The van der Waals surface area contributed by atoms with Crippen molar-refractivity contribution in [1.29, 1.82) is 0 Å². The molecule has 3 nitrogen and oxygen atoms in total. The highest BCUT2D eigenvalue weighted by Crippen LogP contribution is 2.65. The number of hydrogen-bond acceptors (Lipinski definition) is 3. The molecule has 0 saturated heterocycles.